The van der Waals surface area contributed by atoms with E-state index in [1.807, 2.05) is 6.08 Å². The lowest BCUT2D eigenvalue weighted by atomic mass is 10.1. The van der Waals surface area contributed by atoms with Crippen molar-refractivity contribution < 1.29 is 0 Å². The Bertz CT molecular complexity index is 182. The summed E-state index contributed by atoms with van der Waals surface area (Å²) >= 11 is 0. The van der Waals surface area contributed by atoms with Crippen LogP contribution in [-0.4, -0.2) is 0 Å². The summed E-state index contributed by atoms with van der Waals surface area (Å²) in [5, 5.41) is 0. The second kappa shape index (κ2) is 6.90. The predicted molar refractivity (Wildman–Crippen MR) is 57.2 cm³/mol. The minimum atomic E-state index is 1.09. The highest BCUT2D eigenvalue weighted by atomic mass is 14.0. The highest BCUT2D eigenvalue weighted by Gasteiger charge is 1.90. The minimum absolute atomic E-state index is 1.09. The van der Waals surface area contributed by atoms with Crippen LogP contribution in [-0.2, 0) is 0 Å². The first kappa shape index (κ1) is 11.2. The first-order valence-electron chi connectivity index (χ1n) is 4.59. The molecule has 0 radical (unpaired) electrons. The van der Waals surface area contributed by atoms with Gasteiger partial charge in [0.15, 0.2) is 0 Å². The molecular weight excluding hydrogens is 144 g/mol. The lowest BCUT2D eigenvalue weighted by Crippen LogP contribution is -1.79. The van der Waals surface area contributed by atoms with Crippen molar-refractivity contribution in [2.45, 2.75) is 40.0 Å². The summed E-state index contributed by atoms with van der Waals surface area (Å²) in [5.74, 6) is 0. The van der Waals surface area contributed by atoms with Gasteiger partial charge in [0.1, 0.15) is 0 Å². The van der Waals surface area contributed by atoms with Gasteiger partial charge in [-0.25, -0.2) is 0 Å². The van der Waals surface area contributed by atoms with Gasteiger partial charge < -0.3 is 0 Å². The Kier molecular flexibility index (Phi) is 6.45. The van der Waals surface area contributed by atoms with E-state index in [0.29, 0.717) is 0 Å². The first-order chi connectivity index (χ1) is 5.70. The van der Waals surface area contributed by atoms with Crippen LogP contribution in [0, 0.1) is 0 Å². The van der Waals surface area contributed by atoms with Crippen LogP contribution < -0.4 is 0 Å². The summed E-state index contributed by atoms with van der Waals surface area (Å²) in [6.45, 7) is 10.1. The number of unbranched alkanes of at least 4 members (excludes halogenated alkanes) is 1. The average molecular weight is 164 g/mol. The summed E-state index contributed by atoms with van der Waals surface area (Å²) in [5.41, 5.74) is 2.91. The van der Waals surface area contributed by atoms with E-state index in [0.717, 1.165) is 19.3 Å². The zero-order chi connectivity index (χ0) is 9.40. The molecule has 0 aromatic heterocycles. The van der Waals surface area contributed by atoms with Crippen LogP contribution in [0.25, 0.3) is 0 Å². The quantitative estimate of drug-likeness (QED) is 0.421. The van der Waals surface area contributed by atoms with Gasteiger partial charge in [-0.1, -0.05) is 29.4 Å². The lowest BCUT2D eigenvalue weighted by molar-refractivity contribution is 1.00. The van der Waals surface area contributed by atoms with Crippen molar-refractivity contribution in [3.05, 3.63) is 36.0 Å². The van der Waals surface area contributed by atoms with Crippen LogP contribution in [0.3, 0.4) is 0 Å². The number of rotatable bonds is 5. The number of allylic oxidation sites excluding steroid dienone is 5. The number of hydrogen-bond acceptors (Lipinski definition) is 0. The van der Waals surface area contributed by atoms with E-state index in [4.69, 9.17) is 0 Å². The Hall–Kier alpha value is -0.780. The van der Waals surface area contributed by atoms with Crippen molar-refractivity contribution in [1.29, 1.82) is 0 Å². The molecule has 0 aliphatic heterocycles. The maximum absolute atomic E-state index is 3.69. The molecule has 0 saturated carbocycles. The van der Waals surface area contributed by atoms with Gasteiger partial charge in [0.25, 0.3) is 0 Å². The van der Waals surface area contributed by atoms with Gasteiger partial charge in [-0.3, -0.25) is 0 Å². The highest BCUT2D eigenvalue weighted by Crippen LogP contribution is 2.10. The maximum Gasteiger partial charge on any atom is -0.0114 e. The van der Waals surface area contributed by atoms with Crippen molar-refractivity contribution in [3.63, 3.8) is 0 Å². The van der Waals surface area contributed by atoms with Crippen LogP contribution in [0.1, 0.15) is 40.0 Å². The van der Waals surface area contributed by atoms with Gasteiger partial charge >= 0.3 is 0 Å². The highest BCUT2D eigenvalue weighted by molar-refractivity contribution is 5.11. The van der Waals surface area contributed by atoms with E-state index in [1.54, 1.807) is 0 Å². The molecule has 0 rings (SSSR count). The summed E-state index contributed by atoms with van der Waals surface area (Å²) in [6, 6.07) is 0. The molecule has 0 fully saturated rings. The molecule has 0 unspecified atom stereocenters. The summed E-state index contributed by atoms with van der Waals surface area (Å²) in [4.78, 5) is 0. The van der Waals surface area contributed by atoms with Crippen LogP contribution in [0.15, 0.2) is 36.0 Å². The lowest BCUT2D eigenvalue weighted by Gasteiger charge is -2.00. The van der Waals surface area contributed by atoms with Gasteiger partial charge in [0.2, 0.25) is 0 Å². The van der Waals surface area contributed by atoms with E-state index < -0.39 is 0 Å². The molecule has 0 bridgehead atoms. The summed E-state index contributed by atoms with van der Waals surface area (Å²) in [7, 11) is 0. The summed E-state index contributed by atoms with van der Waals surface area (Å²) < 4.78 is 0. The Labute approximate surface area is 76.7 Å². The Morgan fingerprint density at radius 1 is 1.17 bits per heavy atom. The van der Waals surface area contributed by atoms with E-state index in [9.17, 15) is 0 Å². The van der Waals surface area contributed by atoms with Crippen LogP contribution in [0.5, 0.6) is 0 Å². The van der Waals surface area contributed by atoms with E-state index in [1.165, 1.54) is 11.1 Å². The molecule has 0 aromatic rings. The molecular formula is C12H20. The van der Waals surface area contributed by atoms with Crippen molar-refractivity contribution in [2.75, 3.05) is 0 Å². The molecule has 0 aliphatic rings. The van der Waals surface area contributed by atoms with Crippen LogP contribution >= 0.6 is 0 Å². The zero-order valence-corrected chi connectivity index (χ0v) is 8.56. The fourth-order valence-electron chi connectivity index (χ4n) is 1.06. The van der Waals surface area contributed by atoms with Crippen LogP contribution in [0.2, 0.25) is 0 Å². The van der Waals surface area contributed by atoms with Gasteiger partial charge in [-0.05, 0) is 40.0 Å². The Morgan fingerprint density at radius 3 is 2.33 bits per heavy atom. The predicted octanol–water partition coefficient (Wildman–Crippen LogP) is 4.26. The van der Waals surface area contributed by atoms with Gasteiger partial charge in [0.05, 0.1) is 0 Å². The molecule has 0 spiro atoms. The minimum Gasteiger partial charge on any atom is -0.103 e. The maximum atomic E-state index is 3.69. The van der Waals surface area contributed by atoms with Crippen molar-refractivity contribution in [1.82, 2.24) is 0 Å². The van der Waals surface area contributed by atoms with E-state index in [-0.39, 0.29) is 0 Å². The Balaban J connectivity index is 3.77. The molecule has 0 heteroatoms. The molecule has 12 heavy (non-hydrogen) atoms. The zero-order valence-electron chi connectivity index (χ0n) is 8.56. The molecule has 0 aliphatic carbocycles. The topological polar surface area (TPSA) is 0 Å². The fraction of sp³-hybridized carbons (Fsp3) is 0.500. The van der Waals surface area contributed by atoms with Crippen molar-refractivity contribution in [3.8, 4) is 0 Å². The molecule has 0 aromatic carbocycles. The Morgan fingerprint density at radius 2 is 1.83 bits per heavy atom. The van der Waals surface area contributed by atoms with Crippen molar-refractivity contribution >= 4 is 0 Å². The van der Waals surface area contributed by atoms with E-state index >= 15 is 0 Å². The molecule has 0 heterocycles. The third-order valence-corrected chi connectivity index (χ3v) is 1.91. The summed E-state index contributed by atoms with van der Waals surface area (Å²) in [6.07, 6.45) is 9.78. The smallest absolute Gasteiger partial charge is 0.0114 e. The standard InChI is InChI=1S/C12H20/c1-5-7-8-9-12(4)10-11(3)6-2/h5-6,9H,1,7-8,10H2,2-4H3. The molecule has 0 saturated heterocycles. The van der Waals surface area contributed by atoms with E-state index in [2.05, 4.69) is 39.5 Å². The van der Waals surface area contributed by atoms with Gasteiger partial charge in [0, 0.05) is 0 Å². The third-order valence-electron chi connectivity index (χ3n) is 1.91. The second-order valence-electron chi connectivity index (χ2n) is 3.23. The molecule has 0 amide bonds. The second-order valence-corrected chi connectivity index (χ2v) is 3.23. The third kappa shape index (κ3) is 5.96. The van der Waals surface area contributed by atoms with Gasteiger partial charge in [-0.2, -0.15) is 0 Å². The SMILES string of the molecule is C=CCCC=C(C)CC(C)=CC. The number of hydrogen-bond donors (Lipinski definition) is 0. The first-order valence-corrected chi connectivity index (χ1v) is 4.59. The largest absolute Gasteiger partial charge is 0.103 e. The normalized spacial score (nSPS) is 13.2. The van der Waals surface area contributed by atoms with Crippen molar-refractivity contribution in [2.24, 2.45) is 0 Å². The monoisotopic (exact) mass is 164 g/mol. The average Bonchev–Trinajstić information content (AvgIpc) is 2.05. The molecule has 0 nitrogen and oxygen atoms in total. The molecule has 0 atom stereocenters. The molecule has 0 N–H and O–H groups in total. The molecule has 68 valence electrons. The van der Waals surface area contributed by atoms with Crippen LogP contribution in [0.4, 0.5) is 0 Å². The fourth-order valence-corrected chi connectivity index (χ4v) is 1.06. The van der Waals surface area contributed by atoms with Gasteiger partial charge in [-0.15, -0.1) is 6.58 Å².